The lowest BCUT2D eigenvalue weighted by Gasteiger charge is -2.38. The molecule has 2 atom stereocenters. The number of imidazole rings is 1. The van der Waals surface area contributed by atoms with Crippen molar-refractivity contribution in [3.63, 3.8) is 0 Å². The molecule has 1 aliphatic heterocycles. The van der Waals surface area contributed by atoms with Crippen LogP contribution < -0.4 is 10.6 Å². The molecular formula is C27H28FN7O3S. The SMILES string of the molecule is C=CC(=O)N1CC[C@@H](O)[C@@]1(CC)C(=O)NCCn1cnc2cnc(Nc3ncc(-c4ccc(F)cc4)s3)cc21. The molecule has 4 heterocycles. The summed E-state index contributed by atoms with van der Waals surface area (Å²) in [6.45, 7) is 6.30. The summed E-state index contributed by atoms with van der Waals surface area (Å²) in [4.78, 5) is 41.1. The first-order chi connectivity index (χ1) is 18.8. The van der Waals surface area contributed by atoms with Crippen LogP contribution in [0.3, 0.4) is 0 Å². The minimum absolute atomic E-state index is 0.271. The van der Waals surface area contributed by atoms with Crippen LogP contribution in [0.15, 0.2) is 61.7 Å². The summed E-state index contributed by atoms with van der Waals surface area (Å²) in [5, 5.41) is 17.4. The highest BCUT2D eigenvalue weighted by Gasteiger charge is 2.54. The van der Waals surface area contributed by atoms with Crippen molar-refractivity contribution in [3.05, 3.63) is 67.5 Å². The maximum Gasteiger partial charge on any atom is 0.248 e. The molecular weight excluding hydrogens is 521 g/mol. The third-order valence-electron chi connectivity index (χ3n) is 7.05. The van der Waals surface area contributed by atoms with E-state index in [2.05, 4.69) is 32.2 Å². The number of fused-ring (bicyclic) bond motifs is 1. The van der Waals surface area contributed by atoms with Gasteiger partial charge in [-0.1, -0.05) is 37.0 Å². The number of amides is 2. The summed E-state index contributed by atoms with van der Waals surface area (Å²) in [6.07, 6.45) is 5.89. The zero-order valence-corrected chi connectivity index (χ0v) is 22.1. The summed E-state index contributed by atoms with van der Waals surface area (Å²) in [5.74, 6) is -0.479. The number of aliphatic hydroxyl groups is 1. The Labute approximate surface area is 228 Å². The molecule has 0 radical (unpaired) electrons. The summed E-state index contributed by atoms with van der Waals surface area (Å²) in [6, 6.07) is 8.09. The normalized spacial score (nSPS) is 18.8. The van der Waals surface area contributed by atoms with Gasteiger partial charge in [-0.2, -0.15) is 0 Å². The number of aromatic nitrogens is 4. The van der Waals surface area contributed by atoms with E-state index in [1.807, 2.05) is 10.6 Å². The van der Waals surface area contributed by atoms with Gasteiger partial charge < -0.3 is 25.2 Å². The summed E-state index contributed by atoms with van der Waals surface area (Å²) in [5.41, 5.74) is 1.06. The number of rotatable bonds is 9. The molecule has 39 heavy (non-hydrogen) atoms. The predicted octanol–water partition coefficient (Wildman–Crippen LogP) is 3.48. The molecule has 12 heteroatoms. The number of carbonyl (C=O) groups excluding carboxylic acids is 2. The number of benzene rings is 1. The second-order valence-electron chi connectivity index (χ2n) is 9.19. The Morgan fingerprint density at radius 3 is 2.79 bits per heavy atom. The topological polar surface area (TPSA) is 125 Å². The molecule has 5 rings (SSSR count). The highest BCUT2D eigenvalue weighted by Crippen LogP contribution is 2.34. The maximum absolute atomic E-state index is 13.2. The van der Waals surface area contributed by atoms with Crippen molar-refractivity contribution in [1.82, 2.24) is 29.7 Å². The second-order valence-corrected chi connectivity index (χ2v) is 10.2. The number of likely N-dealkylation sites (tertiary alicyclic amines) is 1. The number of carbonyl (C=O) groups is 2. The Morgan fingerprint density at radius 2 is 2.05 bits per heavy atom. The number of pyridine rings is 1. The van der Waals surface area contributed by atoms with E-state index in [1.54, 1.807) is 37.8 Å². The zero-order chi connectivity index (χ0) is 27.6. The van der Waals surface area contributed by atoms with Gasteiger partial charge in [-0.3, -0.25) is 9.59 Å². The number of nitrogens with one attached hydrogen (secondary N) is 2. The molecule has 0 unspecified atom stereocenters. The molecule has 0 spiro atoms. The fraction of sp³-hybridized carbons (Fsp3) is 0.296. The Hall–Kier alpha value is -4.16. The van der Waals surface area contributed by atoms with Gasteiger partial charge in [0, 0.05) is 31.9 Å². The Morgan fingerprint density at radius 1 is 1.26 bits per heavy atom. The minimum atomic E-state index is -1.32. The zero-order valence-electron chi connectivity index (χ0n) is 21.3. The molecule has 2 amide bonds. The molecule has 0 bridgehead atoms. The highest BCUT2D eigenvalue weighted by molar-refractivity contribution is 7.18. The largest absolute Gasteiger partial charge is 0.390 e. The van der Waals surface area contributed by atoms with Crippen molar-refractivity contribution in [3.8, 4) is 10.4 Å². The lowest BCUT2D eigenvalue weighted by molar-refractivity contribution is -0.147. The second kappa shape index (κ2) is 10.9. The van der Waals surface area contributed by atoms with Gasteiger partial charge in [0.05, 0.1) is 29.0 Å². The number of hydrogen-bond acceptors (Lipinski definition) is 8. The molecule has 10 nitrogen and oxygen atoms in total. The molecule has 1 aromatic carbocycles. The van der Waals surface area contributed by atoms with E-state index in [-0.39, 0.29) is 30.6 Å². The van der Waals surface area contributed by atoms with Crippen LogP contribution in [0.2, 0.25) is 0 Å². The van der Waals surface area contributed by atoms with E-state index in [1.165, 1.54) is 34.4 Å². The number of nitrogens with zero attached hydrogens (tertiary/aromatic N) is 5. The van der Waals surface area contributed by atoms with E-state index in [4.69, 9.17) is 0 Å². The standard InChI is InChI=1S/C27H28FN7O3S/c1-3-24(37)35-11-9-22(36)27(35,4-2)25(38)29-10-12-34-16-32-19-14-30-23(13-20(19)34)33-26-31-15-21(39-26)17-5-7-18(28)8-6-17/h3,5-8,13-16,22,36H,1,4,9-12H2,2H3,(H,29,38)(H,30,31,33)/t22-,27+/m1/s1. The average molecular weight is 550 g/mol. The monoisotopic (exact) mass is 549 g/mol. The van der Waals surface area contributed by atoms with Gasteiger partial charge in [0.25, 0.3) is 0 Å². The Kier molecular flexibility index (Phi) is 7.40. The Bertz CT molecular complexity index is 1520. The third kappa shape index (κ3) is 5.00. The maximum atomic E-state index is 13.2. The van der Waals surface area contributed by atoms with Crippen LogP contribution in [0, 0.1) is 5.82 Å². The fourth-order valence-corrected chi connectivity index (χ4v) is 5.82. The first kappa shape index (κ1) is 26.4. The van der Waals surface area contributed by atoms with Crippen LogP contribution in [-0.2, 0) is 16.1 Å². The number of anilines is 2. The van der Waals surface area contributed by atoms with Gasteiger partial charge in [-0.15, -0.1) is 0 Å². The van der Waals surface area contributed by atoms with Crippen molar-refractivity contribution in [2.75, 3.05) is 18.4 Å². The van der Waals surface area contributed by atoms with Crippen molar-refractivity contribution in [2.24, 2.45) is 0 Å². The quantitative estimate of drug-likeness (QED) is 0.273. The van der Waals surface area contributed by atoms with E-state index in [9.17, 15) is 19.1 Å². The van der Waals surface area contributed by atoms with Gasteiger partial charge in [0.2, 0.25) is 11.8 Å². The van der Waals surface area contributed by atoms with Gasteiger partial charge in [-0.05, 0) is 36.6 Å². The molecule has 4 aromatic rings. The van der Waals surface area contributed by atoms with Gasteiger partial charge >= 0.3 is 0 Å². The molecule has 3 aromatic heterocycles. The molecule has 1 fully saturated rings. The summed E-state index contributed by atoms with van der Waals surface area (Å²) >= 11 is 1.42. The molecule has 0 saturated carbocycles. The minimum Gasteiger partial charge on any atom is -0.390 e. The van der Waals surface area contributed by atoms with Crippen molar-refractivity contribution >= 4 is 45.1 Å². The van der Waals surface area contributed by atoms with Crippen LogP contribution in [0.25, 0.3) is 21.5 Å². The summed E-state index contributed by atoms with van der Waals surface area (Å²) < 4.78 is 15.1. The number of aliphatic hydroxyl groups excluding tert-OH is 1. The molecule has 3 N–H and O–H groups in total. The van der Waals surface area contributed by atoms with Crippen LogP contribution in [-0.4, -0.2) is 66.1 Å². The smallest absolute Gasteiger partial charge is 0.248 e. The van der Waals surface area contributed by atoms with Crippen molar-refractivity contribution in [1.29, 1.82) is 0 Å². The molecule has 1 saturated heterocycles. The lowest BCUT2D eigenvalue weighted by Crippen LogP contribution is -2.62. The summed E-state index contributed by atoms with van der Waals surface area (Å²) in [7, 11) is 0. The lowest BCUT2D eigenvalue weighted by atomic mass is 9.88. The predicted molar refractivity (Wildman–Crippen MR) is 147 cm³/mol. The van der Waals surface area contributed by atoms with E-state index in [0.717, 1.165) is 16.0 Å². The first-order valence-electron chi connectivity index (χ1n) is 12.6. The van der Waals surface area contributed by atoms with Gasteiger partial charge in [0.1, 0.15) is 22.7 Å². The van der Waals surface area contributed by atoms with Crippen LogP contribution in [0.1, 0.15) is 19.8 Å². The van der Waals surface area contributed by atoms with Crippen LogP contribution in [0.4, 0.5) is 15.3 Å². The molecule has 0 aliphatic carbocycles. The van der Waals surface area contributed by atoms with E-state index >= 15 is 0 Å². The van der Waals surface area contributed by atoms with Crippen LogP contribution in [0.5, 0.6) is 0 Å². The van der Waals surface area contributed by atoms with Gasteiger partial charge in [-0.25, -0.2) is 19.3 Å². The van der Waals surface area contributed by atoms with E-state index in [0.29, 0.717) is 36.0 Å². The molecule has 1 aliphatic rings. The number of halogens is 1. The van der Waals surface area contributed by atoms with E-state index < -0.39 is 11.6 Å². The van der Waals surface area contributed by atoms with Crippen molar-refractivity contribution in [2.45, 2.75) is 38.0 Å². The van der Waals surface area contributed by atoms with Crippen molar-refractivity contribution < 1.29 is 19.1 Å². The fourth-order valence-electron chi connectivity index (χ4n) is 4.99. The van der Waals surface area contributed by atoms with Gasteiger partial charge in [0.15, 0.2) is 5.13 Å². The third-order valence-corrected chi connectivity index (χ3v) is 8.01. The Balaban J connectivity index is 1.26. The number of hydrogen-bond donors (Lipinski definition) is 3. The number of thiazole rings is 1. The average Bonchev–Trinajstić information content (AvgIpc) is 3.66. The molecule has 202 valence electrons. The first-order valence-corrected chi connectivity index (χ1v) is 13.4. The van der Waals surface area contributed by atoms with Crippen LogP contribution >= 0.6 is 11.3 Å². The highest BCUT2D eigenvalue weighted by atomic mass is 32.1.